The number of benzene rings is 1. The molecule has 0 spiro atoms. The van der Waals surface area contributed by atoms with Gasteiger partial charge in [0.25, 0.3) is 11.5 Å². The van der Waals surface area contributed by atoms with Gasteiger partial charge in [0, 0.05) is 24.2 Å². The number of nitriles is 1. The van der Waals surface area contributed by atoms with Crippen LogP contribution in [0.4, 0.5) is 0 Å². The fraction of sp³-hybridized carbons (Fsp3) is 0.294. The summed E-state index contributed by atoms with van der Waals surface area (Å²) in [7, 11) is 0. The molecule has 0 atom stereocenters. The van der Waals surface area contributed by atoms with Crippen molar-refractivity contribution in [2.75, 3.05) is 19.3 Å². The number of nitrogens with one attached hydrogen (secondary N) is 1. The number of nitrogens with zero attached hydrogens (tertiary/aromatic N) is 3. The van der Waals surface area contributed by atoms with Gasteiger partial charge in [0.2, 0.25) is 0 Å². The third-order valence-electron chi connectivity index (χ3n) is 4.00. The molecule has 1 fully saturated rings. The molecule has 1 aromatic carbocycles. The molecule has 1 N–H and O–H groups in total. The van der Waals surface area contributed by atoms with Gasteiger partial charge in [-0.25, -0.2) is 4.98 Å². The standard InChI is InChI=1S/C17H16N4O2S/c1-24-17-19-14(13(10-18)15(22)20-17)11-4-6-12(7-5-11)16(23)21-8-2-3-9-21/h4-7H,2-3,8-9H2,1H3,(H,19,20,22). The second kappa shape index (κ2) is 6.89. The zero-order valence-electron chi connectivity index (χ0n) is 13.2. The highest BCUT2D eigenvalue weighted by atomic mass is 32.2. The third kappa shape index (κ3) is 3.05. The maximum atomic E-state index is 12.4. The average molecular weight is 340 g/mol. The Balaban J connectivity index is 1.96. The van der Waals surface area contributed by atoms with Crippen molar-refractivity contribution in [1.82, 2.24) is 14.9 Å². The first-order valence-electron chi connectivity index (χ1n) is 7.62. The molecule has 3 rings (SSSR count). The molecule has 1 amide bonds. The van der Waals surface area contributed by atoms with E-state index in [0.717, 1.165) is 25.9 Å². The Labute approximate surface area is 143 Å². The summed E-state index contributed by atoms with van der Waals surface area (Å²) in [5.74, 6) is 0.0169. The number of amides is 1. The summed E-state index contributed by atoms with van der Waals surface area (Å²) in [6.07, 6.45) is 3.89. The Morgan fingerprint density at radius 1 is 1.29 bits per heavy atom. The van der Waals surface area contributed by atoms with Crippen LogP contribution in [0.15, 0.2) is 34.2 Å². The van der Waals surface area contributed by atoms with Gasteiger partial charge in [0.1, 0.15) is 11.6 Å². The molecule has 0 bridgehead atoms. The van der Waals surface area contributed by atoms with Crippen molar-refractivity contribution >= 4 is 17.7 Å². The summed E-state index contributed by atoms with van der Waals surface area (Å²) < 4.78 is 0. The number of likely N-dealkylation sites (tertiary alicyclic amines) is 1. The molecule has 0 radical (unpaired) electrons. The highest BCUT2D eigenvalue weighted by molar-refractivity contribution is 7.98. The summed E-state index contributed by atoms with van der Waals surface area (Å²) in [5.41, 5.74) is 1.11. The molecule has 7 heteroatoms. The van der Waals surface area contributed by atoms with Gasteiger partial charge >= 0.3 is 0 Å². The Kier molecular flexibility index (Phi) is 4.67. The lowest BCUT2D eigenvalue weighted by atomic mass is 10.1. The lowest BCUT2D eigenvalue weighted by molar-refractivity contribution is 0.0793. The van der Waals surface area contributed by atoms with Gasteiger partial charge in [-0.15, -0.1) is 0 Å². The van der Waals surface area contributed by atoms with E-state index in [1.165, 1.54) is 11.8 Å². The van der Waals surface area contributed by atoms with Crippen molar-refractivity contribution in [3.05, 3.63) is 45.7 Å². The number of thioether (sulfide) groups is 1. The molecule has 2 aromatic rings. The van der Waals surface area contributed by atoms with E-state index >= 15 is 0 Å². The first-order chi connectivity index (χ1) is 11.6. The normalized spacial score (nSPS) is 13.8. The molecule has 1 aliphatic heterocycles. The van der Waals surface area contributed by atoms with E-state index in [1.807, 2.05) is 11.0 Å². The molecule has 24 heavy (non-hydrogen) atoms. The lowest BCUT2D eigenvalue weighted by Crippen LogP contribution is -2.27. The molecule has 2 heterocycles. The van der Waals surface area contributed by atoms with E-state index in [-0.39, 0.29) is 11.5 Å². The fourth-order valence-corrected chi connectivity index (χ4v) is 3.11. The van der Waals surface area contributed by atoms with Crippen LogP contribution in [0.3, 0.4) is 0 Å². The molecule has 0 unspecified atom stereocenters. The molecule has 0 saturated carbocycles. The van der Waals surface area contributed by atoms with E-state index in [9.17, 15) is 14.9 Å². The molecule has 122 valence electrons. The van der Waals surface area contributed by atoms with Crippen molar-refractivity contribution in [2.24, 2.45) is 0 Å². The molecular weight excluding hydrogens is 324 g/mol. The minimum Gasteiger partial charge on any atom is -0.339 e. The highest BCUT2D eigenvalue weighted by Gasteiger charge is 2.20. The van der Waals surface area contributed by atoms with Crippen LogP contribution in [0.2, 0.25) is 0 Å². The van der Waals surface area contributed by atoms with Crippen LogP contribution in [-0.4, -0.2) is 40.1 Å². The van der Waals surface area contributed by atoms with E-state index in [1.54, 1.807) is 30.5 Å². The highest BCUT2D eigenvalue weighted by Crippen LogP contribution is 2.22. The van der Waals surface area contributed by atoms with Crippen LogP contribution in [-0.2, 0) is 0 Å². The van der Waals surface area contributed by atoms with Crippen LogP contribution >= 0.6 is 11.8 Å². The van der Waals surface area contributed by atoms with Gasteiger partial charge in [-0.3, -0.25) is 9.59 Å². The van der Waals surface area contributed by atoms with Crippen molar-refractivity contribution in [3.63, 3.8) is 0 Å². The van der Waals surface area contributed by atoms with Crippen LogP contribution in [0.5, 0.6) is 0 Å². The number of carbonyl (C=O) groups excluding carboxylic acids is 1. The second-order valence-electron chi connectivity index (χ2n) is 5.49. The first kappa shape index (κ1) is 16.3. The van der Waals surface area contributed by atoms with Crippen LogP contribution in [0, 0.1) is 11.3 Å². The van der Waals surface area contributed by atoms with Gasteiger partial charge in [-0.05, 0) is 31.2 Å². The predicted molar refractivity (Wildman–Crippen MR) is 91.9 cm³/mol. The number of hydrogen-bond donors (Lipinski definition) is 1. The van der Waals surface area contributed by atoms with E-state index < -0.39 is 5.56 Å². The first-order valence-corrected chi connectivity index (χ1v) is 8.84. The average Bonchev–Trinajstić information content (AvgIpc) is 3.15. The van der Waals surface area contributed by atoms with Gasteiger partial charge in [-0.2, -0.15) is 5.26 Å². The van der Waals surface area contributed by atoms with E-state index in [4.69, 9.17) is 0 Å². The van der Waals surface area contributed by atoms with Gasteiger partial charge in [0.15, 0.2) is 5.16 Å². The maximum Gasteiger partial charge on any atom is 0.270 e. The minimum atomic E-state index is -0.455. The Hall–Kier alpha value is -2.59. The number of carbonyl (C=O) groups is 1. The van der Waals surface area contributed by atoms with Crippen LogP contribution in [0.1, 0.15) is 28.8 Å². The molecule has 1 saturated heterocycles. The lowest BCUT2D eigenvalue weighted by Gasteiger charge is -2.15. The van der Waals surface area contributed by atoms with Crippen LogP contribution in [0.25, 0.3) is 11.3 Å². The van der Waals surface area contributed by atoms with Crippen LogP contribution < -0.4 is 5.56 Å². The number of rotatable bonds is 3. The summed E-state index contributed by atoms with van der Waals surface area (Å²) >= 11 is 1.30. The van der Waals surface area contributed by atoms with Crippen molar-refractivity contribution in [1.29, 1.82) is 5.26 Å². The quantitative estimate of drug-likeness (QED) is 0.684. The van der Waals surface area contributed by atoms with Crippen molar-refractivity contribution in [2.45, 2.75) is 18.0 Å². The summed E-state index contributed by atoms with van der Waals surface area (Å²) in [5, 5.41) is 9.68. The Morgan fingerprint density at radius 2 is 1.96 bits per heavy atom. The molecule has 0 aliphatic carbocycles. The largest absolute Gasteiger partial charge is 0.339 e. The zero-order valence-corrected chi connectivity index (χ0v) is 14.0. The molecule has 1 aromatic heterocycles. The monoisotopic (exact) mass is 340 g/mol. The number of H-pyrrole nitrogens is 1. The SMILES string of the molecule is CSc1nc(-c2ccc(C(=O)N3CCCC3)cc2)c(C#N)c(=O)[nH]1. The minimum absolute atomic E-state index is 0.0169. The summed E-state index contributed by atoms with van der Waals surface area (Å²) in [6.45, 7) is 1.59. The van der Waals surface area contributed by atoms with Gasteiger partial charge < -0.3 is 9.88 Å². The van der Waals surface area contributed by atoms with Gasteiger partial charge in [0.05, 0.1) is 5.69 Å². The topological polar surface area (TPSA) is 89.8 Å². The predicted octanol–water partition coefficient (Wildman–Crippen LogP) is 2.27. The van der Waals surface area contributed by atoms with Gasteiger partial charge in [-0.1, -0.05) is 23.9 Å². The van der Waals surface area contributed by atoms with E-state index in [0.29, 0.717) is 22.0 Å². The zero-order chi connectivity index (χ0) is 17.1. The van der Waals surface area contributed by atoms with Crippen molar-refractivity contribution in [3.8, 4) is 17.3 Å². The maximum absolute atomic E-state index is 12.4. The number of aromatic amines is 1. The summed E-state index contributed by atoms with van der Waals surface area (Å²) in [4.78, 5) is 33.1. The van der Waals surface area contributed by atoms with Crippen molar-refractivity contribution < 1.29 is 4.79 Å². The second-order valence-corrected chi connectivity index (χ2v) is 6.28. The number of aromatic nitrogens is 2. The fourth-order valence-electron chi connectivity index (χ4n) is 2.74. The molecular formula is C17H16N4O2S. The molecule has 6 nitrogen and oxygen atoms in total. The third-order valence-corrected chi connectivity index (χ3v) is 4.58. The van der Waals surface area contributed by atoms with E-state index in [2.05, 4.69) is 9.97 Å². The smallest absolute Gasteiger partial charge is 0.270 e. The summed E-state index contributed by atoms with van der Waals surface area (Å²) in [6, 6.07) is 8.81. The Bertz CT molecular complexity index is 862. The number of hydrogen-bond acceptors (Lipinski definition) is 5. The molecule has 1 aliphatic rings. The Morgan fingerprint density at radius 3 is 2.54 bits per heavy atom.